The first-order valence-corrected chi connectivity index (χ1v) is 7.19. The van der Waals surface area contributed by atoms with Crippen LogP contribution in [0.2, 0.25) is 0 Å². The Labute approximate surface area is 120 Å². The van der Waals surface area contributed by atoms with Gasteiger partial charge in [-0.05, 0) is 32.8 Å². The smallest absolute Gasteiger partial charge is 0.244 e. The van der Waals surface area contributed by atoms with Gasteiger partial charge in [0.25, 0.3) is 0 Å². The van der Waals surface area contributed by atoms with Crippen LogP contribution in [0.25, 0.3) is 0 Å². The number of hydrogen-bond acceptors (Lipinski definition) is 4. The number of nitrogens with one attached hydrogen (secondary N) is 1. The van der Waals surface area contributed by atoms with Gasteiger partial charge in [0.1, 0.15) is 11.8 Å². The molecule has 0 spiro atoms. The van der Waals surface area contributed by atoms with Crippen LogP contribution in [0.1, 0.15) is 26.7 Å². The summed E-state index contributed by atoms with van der Waals surface area (Å²) >= 11 is 0. The molecule has 3 N–H and O–H groups in total. The molecule has 1 saturated heterocycles. The third-order valence-electron chi connectivity index (χ3n) is 3.41. The molecular formula is C15H23N3O2. The minimum atomic E-state index is -0.260. The average Bonchev–Trinajstić information content (AvgIpc) is 2.91. The minimum Gasteiger partial charge on any atom is -0.494 e. The summed E-state index contributed by atoms with van der Waals surface area (Å²) in [6.45, 7) is 6.13. The van der Waals surface area contributed by atoms with E-state index in [9.17, 15) is 4.79 Å². The van der Waals surface area contributed by atoms with Crippen LogP contribution in [0.15, 0.2) is 18.2 Å². The van der Waals surface area contributed by atoms with Crippen molar-refractivity contribution in [3.8, 4) is 5.75 Å². The van der Waals surface area contributed by atoms with Crippen molar-refractivity contribution in [2.24, 2.45) is 0 Å². The Balaban J connectivity index is 2.02. The second-order valence-corrected chi connectivity index (χ2v) is 5.12. The molecule has 1 amide bonds. The summed E-state index contributed by atoms with van der Waals surface area (Å²) in [6.07, 6.45) is 2.20. The molecule has 5 heteroatoms. The molecule has 0 radical (unpaired) electrons. The predicted octanol–water partition coefficient (Wildman–Crippen LogP) is 2.09. The van der Waals surface area contributed by atoms with Crippen LogP contribution in [0.4, 0.5) is 11.4 Å². The number of carbonyl (C=O) groups is 1. The largest absolute Gasteiger partial charge is 0.494 e. The number of likely N-dealkylation sites (tertiary alicyclic amines) is 1. The molecule has 5 nitrogen and oxygen atoms in total. The highest BCUT2D eigenvalue weighted by Crippen LogP contribution is 2.23. The zero-order valence-corrected chi connectivity index (χ0v) is 12.2. The van der Waals surface area contributed by atoms with E-state index in [4.69, 9.17) is 10.5 Å². The minimum absolute atomic E-state index is 0.142. The fourth-order valence-corrected chi connectivity index (χ4v) is 2.48. The molecule has 1 aromatic rings. The summed E-state index contributed by atoms with van der Waals surface area (Å²) in [7, 11) is 0. The predicted molar refractivity (Wildman–Crippen MR) is 80.9 cm³/mol. The number of nitrogens with two attached hydrogens (primary N) is 1. The number of anilines is 2. The molecule has 1 aliphatic rings. The van der Waals surface area contributed by atoms with Gasteiger partial charge < -0.3 is 20.7 Å². The Morgan fingerprint density at radius 1 is 1.40 bits per heavy atom. The van der Waals surface area contributed by atoms with Gasteiger partial charge in [-0.1, -0.05) is 0 Å². The second-order valence-electron chi connectivity index (χ2n) is 5.12. The highest BCUT2D eigenvalue weighted by atomic mass is 16.5. The van der Waals surface area contributed by atoms with Gasteiger partial charge in [0.05, 0.1) is 6.61 Å². The molecule has 1 atom stereocenters. The van der Waals surface area contributed by atoms with Crippen LogP contribution in [0.3, 0.4) is 0 Å². The SMILES string of the molecule is CCOc1cc(N)cc(NC(C)C(=O)N2CCCC2)c1. The van der Waals surface area contributed by atoms with E-state index in [1.165, 1.54) is 0 Å². The molecule has 1 heterocycles. The fourth-order valence-electron chi connectivity index (χ4n) is 2.48. The van der Waals surface area contributed by atoms with E-state index in [0.717, 1.165) is 37.4 Å². The number of amides is 1. The normalized spacial score (nSPS) is 16.0. The summed E-state index contributed by atoms with van der Waals surface area (Å²) in [6, 6.07) is 5.20. The summed E-state index contributed by atoms with van der Waals surface area (Å²) in [5, 5.41) is 3.21. The molecule has 1 fully saturated rings. The monoisotopic (exact) mass is 277 g/mol. The maximum absolute atomic E-state index is 12.2. The van der Waals surface area contributed by atoms with Crippen LogP contribution in [-0.4, -0.2) is 36.5 Å². The Morgan fingerprint density at radius 2 is 2.10 bits per heavy atom. The number of hydrogen-bond donors (Lipinski definition) is 2. The van der Waals surface area contributed by atoms with Crippen LogP contribution < -0.4 is 15.8 Å². The lowest BCUT2D eigenvalue weighted by molar-refractivity contribution is -0.130. The van der Waals surface area contributed by atoms with Gasteiger partial charge in [-0.15, -0.1) is 0 Å². The highest BCUT2D eigenvalue weighted by Gasteiger charge is 2.23. The van der Waals surface area contributed by atoms with Crippen LogP contribution in [-0.2, 0) is 4.79 Å². The molecule has 20 heavy (non-hydrogen) atoms. The summed E-state index contributed by atoms with van der Waals surface area (Å²) in [4.78, 5) is 14.2. The number of nitrogens with zero attached hydrogens (tertiary/aromatic N) is 1. The third-order valence-corrected chi connectivity index (χ3v) is 3.41. The Hall–Kier alpha value is -1.91. The lowest BCUT2D eigenvalue weighted by Gasteiger charge is -2.22. The topological polar surface area (TPSA) is 67.6 Å². The van der Waals surface area contributed by atoms with E-state index in [2.05, 4.69) is 5.32 Å². The molecule has 1 aromatic carbocycles. The summed E-state index contributed by atoms with van der Waals surface area (Å²) in [5.74, 6) is 0.860. The van der Waals surface area contributed by atoms with Crippen LogP contribution >= 0.6 is 0 Å². The van der Waals surface area contributed by atoms with Gasteiger partial charge in [-0.25, -0.2) is 0 Å². The fraction of sp³-hybridized carbons (Fsp3) is 0.533. The number of ether oxygens (including phenoxy) is 1. The number of benzene rings is 1. The maximum Gasteiger partial charge on any atom is 0.244 e. The molecular weight excluding hydrogens is 254 g/mol. The van der Waals surface area contributed by atoms with Gasteiger partial charge in [0, 0.05) is 36.6 Å². The molecule has 2 rings (SSSR count). The van der Waals surface area contributed by atoms with Crippen molar-refractivity contribution in [2.75, 3.05) is 30.7 Å². The van der Waals surface area contributed by atoms with E-state index in [1.807, 2.05) is 30.9 Å². The molecule has 1 aliphatic heterocycles. The van der Waals surface area contributed by atoms with E-state index < -0.39 is 0 Å². The van der Waals surface area contributed by atoms with Gasteiger partial charge in [0.2, 0.25) is 5.91 Å². The highest BCUT2D eigenvalue weighted by molar-refractivity contribution is 5.84. The molecule has 0 aliphatic carbocycles. The molecule has 0 bridgehead atoms. The lowest BCUT2D eigenvalue weighted by Crippen LogP contribution is -2.39. The van der Waals surface area contributed by atoms with Gasteiger partial charge >= 0.3 is 0 Å². The van der Waals surface area contributed by atoms with E-state index in [-0.39, 0.29) is 11.9 Å². The molecule has 1 unspecified atom stereocenters. The van der Waals surface area contributed by atoms with Crippen molar-refractivity contribution in [1.82, 2.24) is 4.90 Å². The number of carbonyl (C=O) groups excluding carboxylic acids is 1. The van der Waals surface area contributed by atoms with E-state index in [0.29, 0.717) is 12.3 Å². The van der Waals surface area contributed by atoms with Gasteiger partial charge in [-0.3, -0.25) is 4.79 Å². The van der Waals surface area contributed by atoms with Gasteiger partial charge in [0.15, 0.2) is 0 Å². The summed E-state index contributed by atoms with van der Waals surface area (Å²) < 4.78 is 5.45. The quantitative estimate of drug-likeness (QED) is 0.809. The average molecular weight is 277 g/mol. The van der Waals surface area contributed by atoms with E-state index in [1.54, 1.807) is 6.07 Å². The first-order chi connectivity index (χ1) is 9.60. The van der Waals surface area contributed by atoms with Crippen LogP contribution in [0, 0.1) is 0 Å². The molecule has 110 valence electrons. The van der Waals surface area contributed by atoms with Crippen molar-refractivity contribution >= 4 is 17.3 Å². The Bertz CT molecular complexity index is 470. The maximum atomic E-state index is 12.2. The van der Waals surface area contributed by atoms with Crippen molar-refractivity contribution in [3.63, 3.8) is 0 Å². The lowest BCUT2D eigenvalue weighted by atomic mass is 10.2. The second kappa shape index (κ2) is 6.50. The van der Waals surface area contributed by atoms with Gasteiger partial charge in [-0.2, -0.15) is 0 Å². The van der Waals surface area contributed by atoms with Crippen molar-refractivity contribution in [1.29, 1.82) is 0 Å². The number of rotatable bonds is 5. The standard InChI is InChI=1S/C15H23N3O2/c1-3-20-14-9-12(16)8-13(10-14)17-11(2)15(19)18-6-4-5-7-18/h8-11,17H,3-7,16H2,1-2H3. The zero-order valence-electron chi connectivity index (χ0n) is 12.2. The Morgan fingerprint density at radius 3 is 2.75 bits per heavy atom. The first kappa shape index (κ1) is 14.5. The first-order valence-electron chi connectivity index (χ1n) is 7.19. The molecule has 0 aromatic heterocycles. The molecule has 0 saturated carbocycles. The zero-order chi connectivity index (χ0) is 14.5. The van der Waals surface area contributed by atoms with Crippen molar-refractivity contribution in [2.45, 2.75) is 32.7 Å². The third kappa shape index (κ3) is 3.56. The number of nitrogen functional groups attached to an aromatic ring is 1. The Kier molecular flexibility index (Phi) is 4.71. The van der Waals surface area contributed by atoms with Crippen LogP contribution in [0.5, 0.6) is 5.75 Å². The van der Waals surface area contributed by atoms with E-state index >= 15 is 0 Å². The van der Waals surface area contributed by atoms with Crippen molar-refractivity contribution in [3.05, 3.63) is 18.2 Å². The van der Waals surface area contributed by atoms with Crippen molar-refractivity contribution < 1.29 is 9.53 Å². The summed E-state index contributed by atoms with van der Waals surface area (Å²) in [5.41, 5.74) is 7.29.